The molecule has 46 heavy (non-hydrogen) atoms. The average molecular weight is 631 g/mol. The van der Waals surface area contributed by atoms with Crippen LogP contribution in [0.1, 0.15) is 95.3 Å². The molecule has 1 spiro atoms. The molecule has 4 aliphatic carbocycles. The highest BCUT2D eigenvalue weighted by molar-refractivity contribution is 5.91. The largest absolute Gasteiger partial charge is 0.462 e. The molecule has 9 atom stereocenters. The summed E-state index contributed by atoms with van der Waals surface area (Å²) in [7, 11) is 0. The third-order valence-electron chi connectivity index (χ3n) is 13.3. The van der Waals surface area contributed by atoms with Crippen molar-refractivity contribution in [1.82, 2.24) is 0 Å². The first-order valence-electron chi connectivity index (χ1n) is 17.8. The van der Waals surface area contributed by atoms with Crippen LogP contribution >= 0.6 is 0 Å². The van der Waals surface area contributed by atoms with Gasteiger partial charge in [-0.25, -0.2) is 9.59 Å². The van der Waals surface area contributed by atoms with Gasteiger partial charge in [-0.05, 0) is 110 Å². The summed E-state index contributed by atoms with van der Waals surface area (Å²) in [6.45, 7) is 16.6. The van der Waals surface area contributed by atoms with Crippen LogP contribution in [0.5, 0.6) is 0 Å². The lowest BCUT2D eigenvalue weighted by Crippen LogP contribution is -2.60. The zero-order valence-electron chi connectivity index (χ0n) is 28.2. The molecule has 1 aromatic rings. The van der Waals surface area contributed by atoms with E-state index in [1.54, 1.807) is 12.2 Å². The van der Waals surface area contributed by atoms with Crippen LogP contribution in [0.25, 0.3) is 0 Å². The van der Waals surface area contributed by atoms with Gasteiger partial charge in [-0.2, -0.15) is 0 Å². The second-order valence-electron chi connectivity index (χ2n) is 15.4. The van der Waals surface area contributed by atoms with Gasteiger partial charge in [0.05, 0.1) is 31.0 Å². The lowest BCUT2D eigenvalue weighted by molar-refractivity contribution is -0.242. The summed E-state index contributed by atoms with van der Waals surface area (Å²) in [4.78, 5) is 26.0. The molecule has 3 unspecified atom stereocenters. The van der Waals surface area contributed by atoms with Crippen LogP contribution in [0.3, 0.4) is 0 Å². The fourth-order valence-electron chi connectivity index (χ4n) is 11.0. The number of esters is 2. The third kappa shape index (κ3) is 6.05. The topological polar surface area (TPSA) is 71.1 Å². The molecule has 0 amide bonds. The maximum atomic E-state index is 13.6. The molecule has 1 heterocycles. The molecule has 0 N–H and O–H groups in total. The van der Waals surface area contributed by atoms with Crippen LogP contribution in [-0.4, -0.2) is 43.7 Å². The van der Waals surface area contributed by atoms with E-state index in [1.807, 2.05) is 30.3 Å². The van der Waals surface area contributed by atoms with Gasteiger partial charge >= 0.3 is 11.9 Å². The summed E-state index contributed by atoms with van der Waals surface area (Å²) in [6.07, 6.45) is 15.1. The summed E-state index contributed by atoms with van der Waals surface area (Å²) in [5.41, 5.74) is 1.47. The Kier molecular flexibility index (Phi) is 9.70. The number of carbonyl (C=O) groups excluding carboxylic acids is 2. The Bertz CT molecular complexity index is 1310. The molecule has 6 rings (SSSR count). The summed E-state index contributed by atoms with van der Waals surface area (Å²) in [5, 5.41) is 0. The number of benzene rings is 1. The highest BCUT2D eigenvalue weighted by Crippen LogP contribution is 2.69. The molecule has 1 aliphatic heterocycles. The number of hydrogen-bond donors (Lipinski definition) is 0. The smallest absolute Gasteiger partial charge is 0.338 e. The Balaban J connectivity index is 1.19. The Hall–Kier alpha value is -2.70. The molecule has 4 saturated carbocycles. The average Bonchev–Trinajstić information content (AvgIpc) is 3.66. The maximum Gasteiger partial charge on any atom is 0.338 e. The van der Waals surface area contributed by atoms with Crippen molar-refractivity contribution in [2.45, 2.75) is 96.9 Å². The fraction of sp³-hybridized carbons (Fsp3) is 0.650. The lowest BCUT2D eigenvalue weighted by Gasteiger charge is -2.63. The predicted molar refractivity (Wildman–Crippen MR) is 179 cm³/mol. The molecule has 0 bridgehead atoms. The normalized spacial score (nSPS) is 37.0. The highest BCUT2D eigenvalue weighted by atomic mass is 16.7. The monoisotopic (exact) mass is 630 g/mol. The Labute approximate surface area is 276 Å². The number of hydrogen-bond acceptors (Lipinski definition) is 6. The number of fused-ring (bicyclic) bond motifs is 5. The van der Waals surface area contributed by atoms with E-state index in [4.69, 9.17) is 18.9 Å². The number of ether oxygens (including phenoxy) is 4. The van der Waals surface area contributed by atoms with Crippen molar-refractivity contribution in [3.63, 3.8) is 0 Å². The minimum atomic E-state index is -0.453. The fourth-order valence-corrected chi connectivity index (χ4v) is 11.0. The van der Waals surface area contributed by atoms with Crippen molar-refractivity contribution in [3.05, 3.63) is 72.9 Å². The van der Waals surface area contributed by atoms with Gasteiger partial charge in [0, 0.05) is 18.8 Å². The molecule has 5 fully saturated rings. The maximum absolute atomic E-state index is 13.6. The molecular weight excluding hydrogens is 576 g/mol. The first-order valence-corrected chi connectivity index (χ1v) is 17.8. The van der Waals surface area contributed by atoms with Gasteiger partial charge in [0.1, 0.15) is 6.10 Å². The summed E-state index contributed by atoms with van der Waals surface area (Å²) >= 11 is 0. The number of carbonyl (C=O) groups is 2. The molecule has 1 aromatic carbocycles. The molecular formula is C40H54O6. The first-order chi connectivity index (χ1) is 22.1. The third-order valence-corrected chi connectivity index (χ3v) is 13.3. The quantitative estimate of drug-likeness (QED) is 0.112. The van der Waals surface area contributed by atoms with Crippen LogP contribution in [0.4, 0.5) is 0 Å². The van der Waals surface area contributed by atoms with Gasteiger partial charge in [0.2, 0.25) is 0 Å². The SMILES string of the molecule is C=C/C=C(\C=C)C(=O)OCCC[C@@H](C)[C@H]1CCC2C3C(CC[C@@]21C)[C@@]1(C)CCC2(C[C@@H]1C[C@H]3OC(=O)c1ccccc1)OCCO2. The second-order valence-corrected chi connectivity index (χ2v) is 15.4. The second kappa shape index (κ2) is 13.4. The van der Waals surface area contributed by atoms with E-state index in [1.165, 1.54) is 31.8 Å². The van der Waals surface area contributed by atoms with Crippen molar-refractivity contribution in [3.8, 4) is 0 Å². The van der Waals surface area contributed by atoms with Crippen molar-refractivity contribution < 1.29 is 28.5 Å². The zero-order chi connectivity index (χ0) is 32.5. The van der Waals surface area contributed by atoms with Crippen LogP contribution in [0.2, 0.25) is 0 Å². The van der Waals surface area contributed by atoms with Crippen LogP contribution < -0.4 is 0 Å². The Morgan fingerprint density at radius 1 is 1.00 bits per heavy atom. The number of allylic oxidation sites excluding steroid dienone is 2. The van der Waals surface area contributed by atoms with Crippen molar-refractivity contribution >= 4 is 11.9 Å². The van der Waals surface area contributed by atoms with Gasteiger partial charge in [0.25, 0.3) is 0 Å². The van der Waals surface area contributed by atoms with Crippen molar-refractivity contribution in [2.24, 2.45) is 46.3 Å². The minimum Gasteiger partial charge on any atom is -0.462 e. The standard InChI is InChI=1S/C40H54O6/c1-6-12-28(7-2)36(41)43-22-11-13-27(3)31-16-17-32-35-33(18-19-39(31,32)5)38(4)20-21-40(44-23-24-45-40)26-30(38)25-34(35)46-37(42)29-14-9-8-10-15-29/h6-10,12,14-15,27,30-35H,1-2,11,13,16-26H2,3-5H3/b28-12+/t27-,30+,31-,32?,33?,34-,35?,38+,39-/m1/s1. The molecule has 0 radical (unpaired) electrons. The van der Waals surface area contributed by atoms with Crippen LogP contribution in [0.15, 0.2) is 67.3 Å². The molecule has 250 valence electrons. The highest BCUT2D eigenvalue weighted by Gasteiger charge is 2.65. The van der Waals surface area contributed by atoms with Crippen molar-refractivity contribution in [1.29, 1.82) is 0 Å². The predicted octanol–water partition coefficient (Wildman–Crippen LogP) is 8.48. The van der Waals surface area contributed by atoms with Gasteiger partial charge < -0.3 is 18.9 Å². The minimum absolute atomic E-state index is 0.104. The Morgan fingerprint density at radius 2 is 1.74 bits per heavy atom. The molecule has 6 nitrogen and oxygen atoms in total. The van der Waals surface area contributed by atoms with E-state index in [-0.39, 0.29) is 28.9 Å². The molecule has 0 aromatic heterocycles. The lowest BCUT2D eigenvalue weighted by atomic mass is 9.43. The van der Waals surface area contributed by atoms with Crippen LogP contribution in [0, 0.1) is 46.3 Å². The summed E-state index contributed by atoms with van der Waals surface area (Å²) in [6, 6.07) is 9.50. The van der Waals surface area contributed by atoms with E-state index < -0.39 is 5.79 Å². The van der Waals surface area contributed by atoms with E-state index in [0.29, 0.717) is 66.5 Å². The Morgan fingerprint density at radius 3 is 2.46 bits per heavy atom. The van der Waals surface area contributed by atoms with E-state index in [2.05, 4.69) is 33.9 Å². The van der Waals surface area contributed by atoms with Crippen molar-refractivity contribution in [2.75, 3.05) is 19.8 Å². The van der Waals surface area contributed by atoms with Gasteiger partial charge in [0.15, 0.2) is 5.79 Å². The van der Waals surface area contributed by atoms with Crippen LogP contribution in [-0.2, 0) is 23.7 Å². The van der Waals surface area contributed by atoms with E-state index in [9.17, 15) is 9.59 Å². The van der Waals surface area contributed by atoms with Gasteiger partial charge in [-0.3, -0.25) is 0 Å². The molecule has 6 heteroatoms. The molecule has 1 saturated heterocycles. The summed E-state index contributed by atoms with van der Waals surface area (Å²) in [5.74, 6) is 1.95. The summed E-state index contributed by atoms with van der Waals surface area (Å²) < 4.78 is 24.6. The van der Waals surface area contributed by atoms with E-state index in [0.717, 1.165) is 38.5 Å². The molecule has 5 aliphatic rings. The zero-order valence-corrected chi connectivity index (χ0v) is 28.2. The van der Waals surface area contributed by atoms with E-state index >= 15 is 0 Å². The first kappa shape index (κ1) is 33.2. The number of rotatable bonds is 10. The van der Waals surface area contributed by atoms with Gasteiger partial charge in [-0.15, -0.1) is 0 Å². The van der Waals surface area contributed by atoms with Gasteiger partial charge in [-0.1, -0.05) is 64.3 Å².